The van der Waals surface area contributed by atoms with Crippen LogP contribution in [0.2, 0.25) is 0 Å². The fraction of sp³-hybridized carbons (Fsp3) is 0.125. The molecule has 0 bridgehead atoms. The summed E-state index contributed by atoms with van der Waals surface area (Å²) in [7, 11) is 0. The number of nitrogens with two attached hydrogens (primary N) is 1. The Morgan fingerprint density at radius 2 is 1.84 bits per heavy atom. The number of nitrogens with zero attached hydrogens (tertiary/aromatic N) is 2. The maximum absolute atomic E-state index is 11.1. The summed E-state index contributed by atoms with van der Waals surface area (Å²) in [5.41, 5.74) is 8.11. The highest BCUT2D eigenvalue weighted by Crippen LogP contribution is 2.35. The molecule has 0 saturated carbocycles. The summed E-state index contributed by atoms with van der Waals surface area (Å²) in [4.78, 5) is 32.0. The van der Waals surface area contributed by atoms with Gasteiger partial charge in [-0.05, 0) is 31.2 Å². The summed E-state index contributed by atoms with van der Waals surface area (Å²) in [6, 6.07) is 6.86. The molecular formula is C16H15N5O2S2. The highest BCUT2D eigenvalue weighted by molar-refractivity contribution is 7.20. The summed E-state index contributed by atoms with van der Waals surface area (Å²) in [6.45, 7) is 3.33. The molecule has 2 aromatic heterocycles. The van der Waals surface area contributed by atoms with Gasteiger partial charge in [0, 0.05) is 23.6 Å². The fourth-order valence-electron chi connectivity index (χ4n) is 2.11. The zero-order valence-corrected chi connectivity index (χ0v) is 15.1. The Morgan fingerprint density at radius 3 is 2.48 bits per heavy atom. The molecular weight excluding hydrogens is 358 g/mol. The van der Waals surface area contributed by atoms with Crippen LogP contribution in [0.5, 0.6) is 0 Å². The van der Waals surface area contributed by atoms with Gasteiger partial charge < -0.3 is 16.4 Å². The number of aromatic nitrogens is 2. The SMILES string of the molecule is CC(=O)Nc1nc(C)c(-c2csc(Nc3ccc(C(N)=O)cc3)n2)s1. The van der Waals surface area contributed by atoms with E-state index in [0.717, 1.165) is 27.1 Å². The van der Waals surface area contributed by atoms with E-state index in [1.807, 2.05) is 12.3 Å². The number of anilines is 3. The van der Waals surface area contributed by atoms with Gasteiger partial charge in [-0.3, -0.25) is 9.59 Å². The number of carbonyl (C=O) groups excluding carboxylic acids is 2. The first kappa shape index (κ1) is 17.1. The lowest BCUT2D eigenvalue weighted by atomic mass is 10.2. The summed E-state index contributed by atoms with van der Waals surface area (Å²) in [5, 5.41) is 9.08. The molecule has 0 saturated heterocycles. The minimum Gasteiger partial charge on any atom is -0.366 e. The first-order valence-electron chi connectivity index (χ1n) is 7.30. The molecule has 25 heavy (non-hydrogen) atoms. The molecule has 1 aromatic carbocycles. The molecule has 2 heterocycles. The van der Waals surface area contributed by atoms with Crippen molar-refractivity contribution in [1.29, 1.82) is 0 Å². The van der Waals surface area contributed by atoms with Gasteiger partial charge in [-0.15, -0.1) is 11.3 Å². The maximum atomic E-state index is 11.1. The maximum Gasteiger partial charge on any atom is 0.248 e. The molecule has 0 aliphatic carbocycles. The second-order valence-electron chi connectivity index (χ2n) is 5.22. The Labute approximate surface area is 151 Å². The minimum atomic E-state index is -0.460. The van der Waals surface area contributed by atoms with Crippen LogP contribution in [0.1, 0.15) is 23.0 Å². The van der Waals surface area contributed by atoms with Crippen molar-refractivity contribution in [3.05, 3.63) is 40.9 Å². The van der Waals surface area contributed by atoms with Gasteiger partial charge >= 0.3 is 0 Å². The van der Waals surface area contributed by atoms with E-state index >= 15 is 0 Å². The Hall–Kier alpha value is -2.78. The van der Waals surface area contributed by atoms with Crippen molar-refractivity contribution in [2.45, 2.75) is 13.8 Å². The number of hydrogen-bond donors (Lipinski definition) is 3. The third-order valence-electron chi connectivity index (χ3n) is 3.24. The molecule has 7 nitrogen and oxygen atoms in total. The molecule has 0 spiro atoms. The van der Waals surface area contributed by atoms with Crippen LogP contribution in [0.15, 0.2) is 29.6 Å². The molecule has 0 aliphatic rings. The molecule has 2 amide bonds. The van der Waals surface area contributed by atoms with Crippen LogP contribution in [0.4, 0.5) is 16.0 Å². The number of nitrogens with one attached hydrogen (secondary N) is 2. The first-order chi connectivity index (χ1) is 11.9. The van der Waals surface area contributed by atoms with Gasteiger partial charge in [0.1, 0.15) is 0 Å². The largest absolute Gasteiger partial charge is 0.366 e. The summed E-state index contributed by atoms with van der Waals surface area (Å²) in [5.74, 6) is -0.612. The van der Waals surface area contributed by atoms with E-state index in [1.54, 1.807) is 24.3 Å². The predicted octanol–water partition coefficient (Wildman–Crippen LogP) is 3.38. The van der Waals surface area contributed by atoms with E-state index in [-0.39, 0.29) is 5.91 Å². The van der Waals surface area contributed by atoms with Crippen molar-refractivity contribution in [2.75, 3.05) is 10.6 Å². The molecule has 0 unspecified atom stereocenters. The Morgan fingerprint density at radius 1 is 1.12 bits per heavy atom. The van der Waals surface area contributed by atoms with Gasteiger partial charge in [0.25, 0.3) is 0 Å². The van der Waals surface area contributed by atoms with E-state index < -0.39 is 5.91 Å². The smallest absolute Gasteiger partial charge is 0.248 e. The summed E-state index contributed by atoms with van der Waals surface area (Å²) in [6.07, 6.45) is 0. The van der Waals surface area contributed by atoms with Gasteiger partial charge in [-0.2, -0.15) is 0 Å². The molecule has 128 valence electrons. The topological polar surface area (TPSA) is 110 Å². The lowest BCUT2D eigenvalue weighted by molar-refractivity contribution is -0.114. The zero-order chi connectivity index (χ0) is 18.0. The standard InChI is InChI=1S/C16H15N5O2S2/c1-8-13(25-16(18-8)19-9(2)22)12-7-24-15(21-12)20-11-5-3-10(4-6-11)14(17)23/h3-7H,1-2H3,(H2,17,23)(H,20,21)(H,18,19,22). The van der Waals surface area contributed by atoms with Crippen molar-refractivity contribution < 1.29 is 9.59 Å². The molecule has 3 rings (SSSR count). The third-order valence-corrected chi connectivity index (χ3v) is 5.09. The number of primary amides is 1. The molecule has 0 atom stereocenters. The molecule has 9 heteroatoms. The second-order valence-corrected chi connectivity index (χ2v) is 7.08. The van der Waals surface area contributed by atoms with Crippen LogP contribution in [-0.2, 0) is 4.79 Å². The number of benzene rings is 1. The normalized spacial score (nSPS) is 10.5. The highest BCUT2D eigenvalue weighted by Gasteiger charge is 2.14. The van der Waals surface area contributed by atoms with E-state index in [9.17, 15) is 9.59 Å². The van der Waals surface area contributed by atoms with Gasteiger partial charge in [0.05, 0.1) is 16.3 Å². The number of amides is 2. The number of rotatable bonds is 5. The van der Waals surface area contributed by atoms with Crippen LogP contribution in [0.25, 0.3) is 10.6 Å². The Kier molecular flexibility index (Phi) is 4.77. The van der Waals surface area contributed by atoms with Crippen molar-refractivity contribution in [2.24, 2.45) is 5.73 Å². The Balaban J connectivity index is 1.77. The van der Waals surface area contributed by atoms with Crippen LogP contribution in [0, 0.1) is 6.92 Å². The van der Waals surface area contributed by atoms with Crippen LogP contribution < -0.4 is 16.4 Å². The molecule has 0 fully saturated rings. The summed E-state index contributed by atoms with van der Waals surface area (Å²) < 4.78 is 0. The first-order valence-corrected chi connectivity index (χ1v) is 9.00. The lowest BCUT2D eigenvalue weighted by Gasteiger charge is -2.02. The average Bonchev–Trinajstić information content (AvgIpc) is 3.13. The Bertz CT molecular complexity index is 930. The average molecular weight is 373 g/mol. The van der Waals surface area contributed by atoms with Crippen LogP contribution in [-0.4, -0.2) is 21.8 Å². The van der Waals surface area contributed by atoms with E-state index in [0.29, 0.717) is 10.7 Å². The molecule has 0 radical (unpaired) electrons. The number of thiazole rings is 2. The predicted molar refractivity (Wildman–Crippen MR) is 101 cm³/mol. The van der Waals surface area contributed by atoms with Crippen molar-refractivity contribution in [3.8, 4) is 10.6 Å². The van der Waals surface area contributed by atoms with E-state index in [2.05, 4.69) is 20.6 Å². The molecule has 3 aromatic rings. The zero-order valence-electron chi connectivity index (χ0n) is 13.5. The highest BCUT2D eigenvalue weighted by atomic mass is 32.1. The quantitative estimate of drug-likeness (QED) is 0.635. The van der Waals surface area contributed by atoms with E-state index in [4.69, 9.17) is 5.73 Å². The number of hydrogen-bond acceptors (Lipinski definition) is 7. The minimum absolute atomic E-state index is 0.152. The van der Waals surface area contributed by atoms with Crippen LogP contribution in [0.3, 0.4) is 0 Å². The van der Waals surface area contributed by atoms with Crippen molar-refractivity contribution >= 4 is 50.4 Å². The van der Waals surface area contributed by atoms with Crippen LogP contribution >= 0.6 is 22.7 Å². The number of carbonyl (C=O) groups is 2. The monoisotopic (exact) mass is 373 g/mol. The van der Waals surface area contributed by atoms with Crippen molar-refractivity contribution in [1.82, 2.24) is 9.97 Å². The van der Waals surface area contributed by atoms with Gasteiger partial charge in [-0.1, -0.05) is 11.3 Å². The van der Waals surface area contributed by atoms with Crippen molar-refractivity contribution in [3.63, 3.8) is 0 Å². The number of aryl methyl sites for hydroxylation is 1. The second kappa shape index (κ2) is 6.99. The molecule has 0 aliphatic heterocycles. The van der Waals surface area contributed by atoms with Gasteiger partial charge in [0.2, 0.25) is 11.8 Å². The van der Waals surface area contributed by atoms with E-state index in [1.165, 1.54) is 29.6 Å². The fourth-order valence-corrected chi connectivity index (χ4v) is 3.88. The summed E-state index contributed by atoms with van der Waals surface area (Å²) >= 11 is 2.85. The molecule has 4 N–H and O–H groups in total. The van der Waals surface area contributed by atoms with Gasteiger partial charge in [0.15, 0.2) is 10.3 Å². The third kappa shape index (κ3) is 4.01. The lowest BCUT2D eigenvalue weighted by Crippen LogP contribution is -2.10. The van der Waals surface area contributed by atoms with Gasteiger partial charge in [-0.25, -0.2) is 9.97 Å².